The summed E-state index contributed by atoms with van der Waals surface area (Å²) in [5, 5.41) is 15.6. The van der Waals surface area contributed by atoms with Gasteiger partial charge < -0.3 is 25.6 Å². The van der Waals surface area contributed by atoms with Gasteiger partial charge in [0.1, 0.15) is 6.04 Å². The van der Waals surface area contributed by atoms with Gasteiger partial charge in [0.2, 0.25) is 5.95 Å². The number of ether oxygens (including phenoxy) is 2. The third-order valence-electron chi connectivity index (χ3n) is 5.22. The van der Waals surface area contributed by atoms with Crippen LogP contribution in [0.1, 0.15) is 16.8 Å². The molecule has 36 heavy (non-hydrogen) atoms. The molecular formula is C25H24N6O5. The number of hydrogen-bond acceptors (Lipinski definition) is 9. The summed E-state index contributed by atoms with van der Waals surface area (Å²) in [6.45, 7) is 0.109. The van der Waals surface area contributed by atoms with Gasteiger partial charge in [0.25, 0.3) is 5.91 Å². The highest BCUT2D eigenvalue weighted by atomic mass is 16.5. The lowest BCUT2D eigenvalue weighted by atomic mass is 10.1. The normalized spacial score (nSPS) is 11.5. The smallest absolute Gasteiger partial charge is 0.320 e. The lowest BCUT2D eigenvalue weighted by molar-refractivity contribution is -0.138. The van der Waals surface area contributed by atoms with Gasteiger partial charge in [0, 0.05) is 35.3 Å². The van der Waals surface area contributed by atoms with Gasteiger partial charge in [-0.3, -0.25) is 19.9 Å². The van der Waals surface area contributed by atoms with Crippen molar-refractivity contribution in [1.29, 1.82) is 0 Å². The quantitative estimate of drug-likeness (QED) is 0.261. The highest BCUT2D eigenvalue weighted by Gasteiger charge is 2.14. The van der Waals surface area contributed by atoms with Crippen LogP contribution in [0.3, 0.4) is 0 Å². The lowest BCUT2D eigenvalue weighted by Crippen LogP contribution is -2.31. The molecule has 11 nitrogen and oxygen atoms in total. The van der Waals surface area contributed by atoms with Crippen LogP contribution >= 0.6 is 0 Å². The molecule has 4 rings (SSSR count). The van der Waals surface area contributed by atoms with Crippen molar-refractivity contribution < 1.29 is 24.2 Å². The van der Waals surface area contributed by atoms with Crippen LogP contribution in [-0.2, 0) is 4.79 Å². The molecule has 5 N–H and O–H groups in total. The molecule has 2 aromatic heterocycles. The number of nitrogens with zero attached hydrogens (tertiary/aromatic N) is 3. The van der Waals surface area contributed by atoms with E-state index in [4.69, 9.17) is 20.3 Å². The minimum atomic E-state index is -1.09. The van der Waals surface area contributed by atoms with Crippen LogP contribution in [0, 0.1) is 0 Å². The van der Waals surface area contributed by atoms with Crippen LogP contribution in [0.25, 0.3) is 10.9 Å². The van der Waals surface area contributed by atoms with E-state index in [2.05, 4.69) is 25.6 Å². The van der Waals surface area contributed by atoms with Gasteiger partial charge in [-0.1, -0.05) is 18.2 Å². The molecule has 11 heteroatoms. The summed E-state index contributed by atoms with van der Waals surface area (Å²) in [4.78, 5) is 36.0. The van der Waals surface area contributed by atoms with E-state index in [1.807, 2.05) is 6.07 Å². The molecule has 0 fully saturated rings. The molecule has 1 unspecified atom stereocenters. The average Bonchev–Trinajstić information content (AvgIpc) is 2.90. The fraction of sp³-hybridized carbons (Fsp3) is 0.160. The second kappa shape index (κ2) is 11.1. The summed E-state index contributed by atoms with van der Waals surface area (Å²) in [6.07, 6.45) is 4.89. The van der Waals surface area contributed by atoms with Crippen molar-refractivity contribution in [2.45, 2.75) is 12.5 Å². The summed E-state index contributed by atoms with van der Waals surface area (Å²) < 4.78 is 11.2. The van der Waals surface area contributed by atoms with Crippen LogP contribution in [0.5, 0.6) is 11.5 Å². The van der Waals surface area contributed by atoms with E-state index in [0.29, 0.717) is 28.3 Å². The Labute approximate surface area is 206 Å². The second-order valence-electron chi connectivity index (χ2n) is 7.70. The SMILES string of the molecule is COc1cc2c(Nc3cnc(NC(=O)c4ccccc4)nc3)ccnc2cc1OCCC(N)C(=O)O. The van der Waals surface area contributed by atoms with Crippen molar-refractivity contribution in [2.24, 2.45) is 5.73 Å². The number of aliphatic carboxylic acids is 1. The van der Waals surface area contributed by atoms with Gasteiger partial charge >= 0.3 is 5.97 Å². The molecule has 2 heterocycles. The van der Waals surface area contributed by atoms with Crippen molar-refractivity contribution in [3.8, 4) is 11.5 Å². The van der Waals surface area contributed by atoms with Crippen LogP contribution in [0.15, 0.2) is 67.1 Å². The van der Waals surface area contributed by atoms with Gasteiger partial charge in [-0.05, 0) is 24.3 Å². The number of nitrogens with one attached hydrogen (secondary N) is 2. The van der Waals surface area contributed by atoms with E-state index < -0.39 is 12.0 Å². The van der Waals surface area contributed by atoms with E-state index in [-0.39, 0.29) is 24.9 Å². The summed E-state index contributed by atoms with van der Waals surface area (Å²) in [5.41, 5.74) is 7.99. The zero-order valence-corrected chi connectivity index (χ0v) is 19.3. The Hall–Kier alpha value is -4.77. The van der Waals surface area contributed by atoms with Crippen molar-refractivity contribution in [1.82, 2.24) is 15.0 Å². The van der Waals surface area contributed by atoms with Crippen molar-refractivity contribution >= 4 is 40.1 Å². The molecule has 0 aliphatic carbocycles. The molecule has 184 valence electrons. The monoisotopic (exact) mass is 488 g/mol. The number of benzene rings is 2. The molecule has 4 aromatic rings. The summed E-state index contributed by atoms with van der Waals surface area (Å²) >= 11 is 0. The van der Waals surface area contributed by atoms with E-state index in [1.54, 1.807) is 61.1 Å². The number of amides is 1. The van der Waals surface area contributed by atoms with Gasteiger partial charge in [0.15, 0.2) is 11.5 Å². The third kappa shape index (κ3) is 5.83. The molecule has 0 radical (unpaired) electrons. The van der Waals surface area contributed by atoms with E-state index in [9.17, 15) is 9.59 Å². The Morgan fingerprint density at radius 1 is 1.06 bits per heavy atom. The van der Waals surface area contributed by atoms with Crippen molar-refractivity contribution in [3.63, 3.8) is 0 Å². The highest BCUT2D eigenvalue weighted by Crippen LogP contribution is 2.35. The number of methoxy groups -OCH3 is 1. The first kappa shape index (κ1) is 24.4. The minimum Gasteiger partial charge on any atom is -0.493 e. The van der Waals surface area contributed by atoms with Gasteiger partial charge in [-0.25, -0.2) is 9.97 Å². The molecule has 0 aliphatic rings. The highest BCUT2D eigenvalue weighted by molar-refractivity contribution is 6.03. The van der Waals surface area contributed by atoms with Crippen LogP contribution < -0.4 is 25.8 Å². The topological polar surface area (TPSA) is 162 Å². The molecule has 2 aromatic carbocycles. The molecule has 0 bridgehead atoms. The number of pyridine rings is 1. The number of anilines is 3. The Morgan fingerprint density at radius 2 is 1.81 bits per heavy atom. The summed E-state index contributed by atoms with van der Waals surface area (Å²) in [5.74, 6) is -0.324. The van der Waals surface area contributed by atoms with Gasteiger partial charge in [0.05, 0.1) is 37.3 Å². The molecule has 1 amide bonds. The lowest BCUT2D eigenvalue weighted by Gasteiger charge is -2.15. The first-order valence-electron chi connectivity index (χ1n) is 11.0. The van der Waals surface area contributed by atoms with E-state index in [0.717, 1.165) is 11.1 Å². The first-order chi connectivity index (χ1) is 17.4. The maximum absolute atomic E-state index is 12.3. The maximum atomic E-state index is 12.3. The number of rotatable bonds is 10. The van der Waals surface area contributed by atoms with Gasteiger partial charge in [-0.2, -0.15) is 0 Å². The predicted octanol–water partition coefficient (Wildman–Crippen LogP) is 3.21. The Morgan fingerprint density at radius 3 is 2.50 bits per heavy atom. The fourth-order valence-corrected chi connectivity index (χ4v) is 3.33. The Bertz CT molecular complexity index is 1360. The van der Waals surface area contributed by atoms with Crippen LogP contribution in [0.2, 0.25) is 0 Å². The zero-order chi connectivity index (χ0) is 25.5. The number of nitrogens with two attached hydrogens (primary N) is 1. The second-order valence-corrected chi connectivity index (χ2v) is 7.70. The van der Waals surface area contributed by atoms with Gasteiger partial charge in [-0.15, -0.1) is 0 Å². The van der Waals surface area contributed by atoms with Crippen LogP contribution in [-0.4, -0.2) is 51.7 Å². The molecule has 0 saturated heterocycles. The maximum Gasteiger partial charge on any atom is 0.320 e. The third-order valence-corrected chi connectivity index (χ3v) is 5.22. The number of aromatic nitrogens is 3. The van der Waals surface area contributed by atoms with Crippen molar-refractivity contribution in [2.75, 3.05) is 24.4 Å². The fourth-order valence-electron chi connectivity index (χ4n) is 3.33. The molecule has 0 saturated carbocycles. The summed E-state index contributed by atoms with van der Waals surface area (Å²) in [6, 6.07) is 13.1. The zero-order valence-electron chi connectivity index (χ0n) is 19.3. The summed E-state index contributed by atoms with van der Waals surface area (Å²) in [7, 11) is 1.51. The van der Waals surface area contributed by atoms with Crippen LogP contribution in [0.4, 0.5) is 17.3 Å². The number of carbonyl (C=O) groups excluding carboxylic acids is 1. The minimum absolute atomic E-state index is 0.109. The first-order valence-corrected chi connectivity index (χ1v) is 11.0. The molecule has 1 atom stereocenters. The molecular weight excluding hydrogens is 464 g/mol. The Kier molecular flexibility index (Phi) is 7.51. The molecule has 0 aliphatic heterocycles. The number of hydrogen-bond donors (Lipinski definition) is 4. The predicted molar refractivity (Wildman–Crippen MR) is 134 cm³/mol. The molecule has 0 spiro atoms. The number of carboxylic acid groups (broad SMARTS) is 1. The largest absolute Gasteiger partial charge is 0.493 e. The average molecular weight is 489 g/mol. The Balaban J connectivity index is 1.48. The van der Waals surface area contributed by atoms with E-state index in [1.165, 1.54) is 7.11 Å². The number of fused-ring (bicyclic) bond motifs is 1. The van der Waals surface area contributed by atoms with Crippen molar-refractivity contribution in [3.05, 3.63) is 72.7 Å². The number of carboxylic acids is 1. The standard InChI is InChI=1S/C25H24N6O5/c1-35-21-11-17-19(7-9-27-20(17)12-22(21)36-10-8-18(26)24(33)34)30-16-13-28-25(29-14-16)31-23(32)15-5-3-2-4-6-15/h2-7,9,11-14,18H,8,10,26H2,1H3,(H,27,30)(H,33,34)(H,28,29,31,32). The van der Waals surface area contributed by atoms with E-state index >= 15 is 0 Å². The number of carbonyl (C=O) groups is 2.